The quantitative estimate of drug-likeness (QED) is 0.153. The zero-order valence-corrected chi connectivity index (χ0v) is 17.9. The molecule has 4 atom stereocenters. The summed E-state index contributed by atoms with van der Waals surface area (Å²) < 4.78 is 0. The summed E-state index contributed by atoms with van der Waals surface area (Å²) in [5, 5.41) is 24.7. The van der Waals surface area contributed by atoms with E-state index in [0.717, 1.165) is 0 Å². The van der Waals surface area contributed by atoms with Crippen molar-refractivity contribution in [3.8, 4) is 0 Å². The third-order valence-corrected chi connectivity index (χ3v) is 4.80. The number of amides is 3. The molecule has 0 radical (unpaired) electrons. The number of hydrogen-bond donors (Lipinski definition) is 7. The first-order valence-corrected chi connectivity index (χ1v) is 10.8. The Bertz CT molecular complexity index is 606. The SMILES string of the molecule is CSCCC(NC(=O)C(CS)NC(=O)C(N)CCC(=O)O)C(=O)NC(C)C(=O)O. The summed E-state index contributed by atoms with van der Waals surface area (Å²) >= 11 is 5.46. The van der Waals surface area contributed by atoms with Crippen LogP contribution in [0.5, 0.6) is 0 Å². The van der Waals surface area contributed by atoms with Crippen molar-refractivity contribution < 1.29 is 34.2 Å². The van der Waals surface area contributed by atoms with Gasteiger partial charge in [-0.2, -0.15) is 24.4 Å². The summed E-state index contributed by atoms with van der Waals surface area (Å²) in [6, 6.07) is -4.36. The minimum Gasteiger partial charge on any atom is -0.481 e. The van der Waals surface area contributed by atoms with E-state index >= 15 is 0 Å². The van der Waals surface area contributed by atoms with Crippen LogP contribution in [0.15, 0.2) is 0 Å². The van der Waals surface area contributed by atoms with E-state index in [1.807, 2.05) is 6.26 Å². The van der Waals surface area contributed by atoms with Gasteiger partial charge in [-0.3, -0.25) is 24.0 Å². The number of rotatable bonds is 14. The lowest BCUT2D eigenvalue weighted by Gasteiger charge is -2.23. The molecule has 0 aromatic rings. The molecule has 0 fully saturated rings. The molecule has 3 amide bonds. The molecule has 13 heteroatoms. The molecule has 7 N–H and O–H groups in total. The van der Waals surface area contributed by atoms with E-state index in [2.05, 4.69) is 28.6 Å². The number of thiol groups is 1. The highest BCUT2D eigenvalue weighted by Crippen LogP contribution is 2.04. The maximum atomic E-state index is 12.5. The Morgan fingerprint density at radius 3 is 2.00 bits per heavy atom. The van der Waals surface area contributed by atoms with Crippen molar-refractivity contribution in [2.24, 2.45) is 5.73 Å². The maximum Gasteiger partial charge on any atom is 0.325 e. The molecule has 0 rings (SSSR count). The molecule has 0 aromatic heterocycles. The van der Waals surface area contributed by atoms with Crippen molar-refractivity contribution in [1.82, 2.24) is 16.0 Å². The van der Waals surface area contributed by atoms with Crippen LogP contribution in [0, 0.1) is 0 Å². The van der Waals surface area contributed by atoms with Gasteiger partial charge in [0, 0.05) is 12.2 Å². The molecular weight excluding hydrogens is 424 g/mol. The highest BCUT2D eigenvalue weighted by molar-refractivity contribution is 7.98. The fraction of sp³-hybridized carbons (Fsp3) is 0.688. The molecule has 0 saturated heterocycles. The van der Waals surface area contributed by atoms with Gasteiger partial charge in [0.25, 0.3) is 0 Å². The Balaban J connectivity index is 4.99. The number of thioether (sulfide) groups is 1. The molecule has 29 heavy (non-hydrogen) atoms. The molecule has 0 aliphatic rings. The lowest BCUT2D eigenvalue weighted by atomic mass is 10.1. The van der Waals surface area contributed by atoms with Gasteiger partial charge >= 0.3 is 11.9 Å². The predicted octanol–water partition coefficient (Wildman–Crippen LogP) is -1.58. The van der Waals surface area contributed by atoms with Crippen LogP contribution in [0.3, 0.4) is 0 Å². The van der Waals surface area contributed by atoms with Gasteiger partial charge in [0.05, 0.1) is 6.04 Å². The largest absolute Gasteiger partial charge is 0.481 e. The van der Waals surface area contributed by atoms with E-state index in [0.29, 0.717) is 5.75 Å². The average Bonchev–Trinajstić information content (AvgIpc) is 2.66. The molecule has 0 bridgehead atoms. The summed E-state index contributed by atoms with van der Waals surface area (Å²) in [4.78, 5) is 58.3. The van der Waals surface area contributed by atoms with E-state index in [4.69, 9.17) is 15.9 Å². The lowest BCUT2D eigenvalue weighted by molar-refractivity contribution is -0.142. The zero-order chi connectivity index (χ0) is 22.6. The Morgan fingerprint density at radius 2 is 1.52 bits per heavy atom. The first-order valence-electron chi connectivity index (χ1n) is 8.74. The van der Waals surface area contributed by atoms with Crippen molar-refractivity contribution in [1.29, 1.82) is 0 Å². The highest BCUT2D eigenvalue weighted by atomic mass is 32.2. The molecule has 166 valence electrons. The van der Waals surface area contributed by atoms with Crippen LogP contribution >= 0.6 is 24.4 Å². The van der Waals surface area contributed by atoms with E-state index in [1.165, 1.54) is 18.7 Å². The van der Waals surface area contributed by atoms with Gasteiger partial charge in [0.1, 0.15) is 18.1 Å². The number of nitrogens with two attached hydrogens (primary N) is 1. The number of carbonyl (C=O) groups is 5. The topological polar surface area (TPSA) is 188 Å². The minimum atomic E-state index is -1.22. The summed E-state index contributed by atoms with van der Waals surface area (Å²) in [6.45, 7) is 1.29. The fourth-order valence-electron chi connectivity index (χ4n) is 2.04. The molecule has 0 heterocycles. The second-order valence-electron chi connectivity index (χ2n) is 6.19. The monoisotopic (exact) mass is 452 g/mol. The fourth-order valence-corrected chi connectivity index (χ4v) is 2.76. The zero-order valence-electron chi connectivity index (χ0n) is 16.2. The average molecular weight is 453 g/mol. The first-order chi connectivity index (χ1) is 13.5. The molecule has 11 nitrogen and oxygen atoms in total. The van der Waals surface area contributed by atoms with Crippen LogP contribution in [-0.2, 0) is 24.0 Å². The summed E-state index contributed by atoms with van der Waals surface area (Å²) in [7, 11) is 0. The van der Waals surface area contributed by atoms with E-state index in [1.54, 1.807) is 0 Å². The van der Waals surface area contributed by atoms with Crippen LogP contribution in [0.1, 0.15) is 26.2 Å². The van der Waals surface area contributed by atoms with Gasteiger partial charge in [-0.05, 0) is 31.8 Å². The van der Waals surface area contributed by atoms with Gasteiger partial charge in [-0.25, -0.2) is 0 Å². The Hall–Kier alpha value is -1.99. The van der Waals surface area contributed by atoms with Crippen molar-refractivity contribution in [2.75, 3.05) is 17.8 Å². The molecule has 0 spiro atoms. The van der Waals surface area contributed by atoms with Crippen LogP contribution in [0.4, 0.5) is 0 Å². The molecule has 0 aromatic carbocycles. The van der Waals surface area contributed by atoms with Crippen LogP contribution in [-0.4, -0.2) is 81.8 Å². The van der Waals surface area contributed by atoms with Crippen LogP contribution in [0.25, 0.3) is 0 Å². The van der Waals surface area contributed by atoms with E-state index in [-0.39, 0.29) is 25.0 Å². The van der Waals surface area contributed by atoms with Crippen LogP contribution in [0.2, 0.25) is 0 Å². The molecular formula is C16H28N4O7S2. The van der Waals surface area contributed by atoms with Crippen molar-refractivity contribution in [3.05, 3.63) is 0 Å². The third kappa shape index (κ3) is 10.9. The molecule has 0 aliphatic carbocycles. The van der Waals surface area contributed by atoms with Gasteiger partial charge in [0.15, 0.2) is 0 Å². The Morgan fingerprint density at radius 1 is 0.966 bits per heavy atom. The molecule has 0 aliphatic heterocycles. The maximum absolute atomic E-state index is 12.5. The van der Waals surface area contributed by atoms with Gasteiger partial charge in [0.2, 0.25) is 17.7 Å². The minimum absolute atomic E-state index is 0.0916. The number of aliphatic carboxylic acids is 2. The molecule has 0 saturated carbocycles. The number of carboxylic acid groups (broad SMARTS) is 2. The molecule has 4 unspecified atom stereocenters. The van der Waals surface area contributed by atoms with Crippen molar-refractivity contribution in [2.45, 2.75) is 50.4 Å². The van der Waals surface area contributed by atoms with Crippen molar-refractivity contribution in [3.63, 3.8) is 0 Å². The van der Waals surface area contributed by atoms with Gasteiger partial charge in [-0.15, -0.1) is 0 Å². The smallest absolute Gasteiger partial charge is 0.325 e. The Kier molecular flexibility index (Phi) is 13.1. The second-order valence-corrected chi connectivity index (χ2v) is 7.54. The summed E-state index contributed by atoms with van der Waals surface area (Å²) in [5.41, 5.74) is 5.61. The number of carboxylic acids is 2. The highest BCUT2D eigenvalue weighted by Gasteiger charge is 2.28. The number of hydrogen-bond acceptors (Lipinski definition) is 8. The second kappa shape index (κ2) is 14.1. The number of nitrogens with one attached hydrogen (secondary N) is 3. The summed E-state index contributed by atoms with van der Waals surface area (Å²) in [5.74, 6) is -3.96. The third-order valence-electron chi connectivity index (χ3n) is 3.79. The van der Waals surface area contributed by atoms with E-state index in [9.17, 15) is 24.0 Å². The predicted molar refractivity (Wildman–Crippen MR) is 111 cm³/mol. The first kappa shape index (κ1) is 27.0. The standard InChI is InChI=1S/C16H28N4O7S2/c1-8(16(26)27)18-14(24)10(5-6-29-2)19-15(25)11(7-28)20-13(23)9(17)3-4-12(21)22/h8-11,28H,3-7,17H2,1-2H3,(H,18,24)(H,19,25)(H,20,23)(H,21,22)(H,26,27). The normalized spacial score (nSPS) is 14.8. The van der Waals surface area contributed by atoms with Crippen LogP contribution < -0.4 is 21.7 Å². The Labute approximate surface area is 178 Å². The summed E-state index contributed by atoms with van der Waals surface area (Å²) in [6.07, 6.45) is 1.65. The number of carbonyl (C=O) groups excluding carboxylic acids is 3. The van der Waals surface area contributed by atoms with E-state index < -0.39 is 53.8 Å². The van der Waals surface area contributed by atoms with Gasteiger partial charge in [-0.1, -0.05) is 0 Å². The van der Waals surface area contributed by atoms with Crippen molar-refractivity contribution >= 4 is 54.1 Å². The lowest BCUT2D eigenvalue weighted by Crippen LogP contribution is -2.57. The van der Waals surface area contributed by atoms with Gasteiger partial charge < -0.3 is 31.9 Å².